The second-order valence-corrected chi connectivity index (χ2v) is 5.42. The van der Waals surface area contributed by atoms with Gasteiger partial charge < -0.3 is 5.32 Å². The number of aryl methyl sites for hydroxylation is 2. The molecule has 1 aromatic heterocycles. The highest BCUT2D eigenvalue weighted by molar-refractivity contribution is 9.10. The molecule has 0 aliphatic heterocycles. The Kier molecular flexibility index (Phi) is 4.32. The van der Waals surface area contributed by atoms with Crippen LogP contribution in [0.25, 0.3) is 0 Å². The lowest BCUT2D eigenvalue weighted by Crippen LogP contribution is -2.16. The number of nitrogens with one attached hydrogen (secondary N) is 1. The van der Waals surface area contributed by atoms with Crippen LogP contribution in [-0.4, -0.2) is 10.9 Å². The molecule has 1 heterocycles. The number of nitrogens with zero attached hydrogens (tertiary/aromatic N) is 1. The Bertz CT molecular complexity index is 591. The lowest BCUT2D eigenvalue weighted by molar-refractivity contribution is -0.115. The molecule has 3 nitrogen and oxygen atoms in total. The van der Waals surface area contributed by atoms with Crippen LogP contribution < -0.4 is 5.32 Å². The van der Waals surface area contributed by atoms with Gasteiger partial charge >= 0.3 is 0 Å². The lowest BCUT2D eigenvalue weighted by Gasteiger charge is -2.08. The second-order valence-electron chi connectivity index (χ2n) is 4.51. The molecule has 0 radical (unpaired) electrons. The highest BCUT2D eigenvalue weighted by Gasteiger charge is 2.07. The number of carbonyl (C=O) groups excluding carboxylic acids is 1. The zero-order chi connectivity index (χ0) is 13.8. The molecule has 2 rings (SSSR count). The summed E-state index contributed by atoms with van der Waals surface area (Å²) in [6, 6.07) is 9.65. The van der Waals surface area contributed by atoms with Crippen LogP contribution >= 0.6 is 15.9 Å². The molecule has 0 saturated heterocycles. The first-order chi connectivity index (χ1) is 9.04. The molecular weight excluding hydrogens is 304 g/mol. The number of carbonyl (C=O) groups is 1. The molecule has 0 fully saturated rings. The Hall–Kier alpha value is -1.68. The Balaban J connectivity index is 2.07. The Morgan fingerprint density at radius 2 is 2.11 bits per heavy atom. The van der Waals surface area contributed by atoms with Gasteiger partial charge in [0.05, 0.1) is 12.1 Å². The molecular formula is C15H15BrN2O. The van der Waals surface area contributed by atoms with E-state index >= 15 is 0 Å². The smallest absolute Gasteiger partial charge is 0.230 e. The van der Waals surface area contributed by atoms with E-state index in [-0.39, 0.29) is 12.3 Å². The van der Waals surface area contributed by atoms with E-state index < -0.39 is 0 Å². The van der Waals surface area contributed by atoms with Crippen LogP contribution in [0.1, 0.15) is 16.8 Å². The Morgan fingerprint density at radius 1 is 1.32 bits per heavy atom. The fraction of sp³-hybridized carbons (Fsp3) is 0.200. The van der Waals surface area contributed by atoms with E-state index in [2.05, 4.69) is 26.2 Å². The van der Waals surface area contributed by atoms with Gasteiger partial charge in [0.1, 0.15) is 0 Å². The van der Waals surface area contributed by atoms with E-state index in [4.69, 9.17) is 0 Å². The van der Waals surface area contributed by atoms with Crippen molar-refractivity contribution in [1.29, 1.82) is 0 Å². The van der Waals surface area contributed by atoms with Crippen molar-refractivity contribution in [1.82, 2.24) is 4.98 Å². The van der Waals surface area contributed by atoms with Crippen molar-refractivity contribution >= 4 is 27.5 Å². The predicted molar refractivity (Wildman–Crippen MR) is 80.2 cm³/mol. The third-order valence-electron chi connectivity index (χ3n) is 2.77. The SMILES string of the molecule is Cc1cc(Br)cc(NC(=O)Cc2ncccc2C)c1. The first-order valence-corrected chi connectivity index (χ1v) is 6.81. The fourth-order valence-corrected chi connectivity index (χ4v) is 2.48. The van der Waals surface area contributed by atoms with Crippen molar-refractivity contribution in [2.24, 2.45) is 0 Å². The summed E-state index contributed by atoms with van der Waals surface area (Å²) < 4.78 is 0.955. The van der Waals surface area contributed by atoms with Crippen LogP contribution in [0.2, 0.25) is 0 Å². The van der Waals surface area contributed by atoms with Crippen LogP contribution in [-0.2, 0) is 11.2 Å². The molecule has 0 spiro atoms. The molecule has 1 N–H and O–H groups in total. The van der Waals surface area contributed by atoms with E-state index in [1.165, 1.54) is 0 Å². The molecule has 0 aliphatic carbocycles. The van der Waals surface area contributed by atoms with Crippen LogP contribution in [0.3, 0.4) is 0 Å². The molecule has 0 bridgehead atoms. The lowest BCUT2D eigenvalue weighted by atomic mass is 10.1. The van der Waals surface area contributed by atoms with E-state index in [0.29, 0.717) is 0 Å². The summed E-state index contributed by atoms with van der Waals surface area (Å²) in [5.41, 5.74) is 3.74. The maximum absolute atomic E-state index is 12.0. The maximum Gasteiger partial charge on any atom is 0.230 e. The van der Waals surface area contributed by atoms with E-state index in [1.54, 1.807) is 6.20 Å². The van der Waals surface area contributed by atoms with Gasteiger partial charge in [-0.1, -0.05) is 22.0 Å². The number of amides is 1. The number of hydrogen-bond acceptors (Lipinski definition) is 2. The number of pyridine rings is 1. The third-order valence-corrected chi connectivity index (χ3v) is 3.23. The number of anilines is 1. The summed E-state index contributed by atoms with van der Waals surface area (Å²) in [6.45, 7) is 3.95. The third kappa shape index (κ3) is 3.89. The summed E-state index contributed by atoms with van der Waals surface area (Å²) in [5.74, 6) is -0.0562. The average molecular weight is 319 g/mol. The summed E-state index contributed by atoms with van der Waals surface area (Å²) in [5, 5.41) is 2.89. The molecule has 0 aliphatic rings. The van der Waals surface area contributed by atoms with E-state index in [0.717, 1.165) is 27.0 Å². The quantitative estimate of drug-likeness (QED) is 0.938. The van der Waals surface area contributed by atoms with Crippen LogP contribution in [0.5, 0.6) is 0 Å². The average Bonchev–Trinajstić information content (AvgIpc) is 2.30. The molecule has 2 aromatic rings. The summed E-state index contributed by atoms with van der Waals surface area (Å²) in [6.07, 6.45) is 2.00. The number of halogens is 1. The van der Waals surface area contributed by atoms with Gasteiger partial charge in [-0.25, -0.2) is 0 Å². The second kappa shape index (κ2) is 5.97. The molecule has 19 heavy (non-hydrogen) atoms. The minimum Gasteiger partial charge on any atom is -0.326 e. The zero-order valence-corrected chi connectivity index (χ0v) is 12.5. The van der Waals surface area contributed by atoms with Crippen LogP contribution in [0, 0.1) is 13.8 Å². The molecule has 0 atom stereocenters. The highest BCUT2D eigenvalue weighted by Crippen LogP contribution is 2.19. The molecule has 1 amide bonds. The van der Waals surface area contributed by atoms with Crippen molar-refractivity contribution in [2.45, 2.75) is 20.3 Å². The monoisotopic (exact) mass is 318 g/mol. The standard InChI is InChI=1S/C15H15BrN2O/c1-10-6-12(16)8-13(7-10)18-15(19)9-14-11(2)4-3-5-17-14/h3-8H,9H2,1-2H3,(H,18,19). The number of benzene rings is 1. The minimum atomic E-state index is -0.0562. The first-order valence-electron chi connectivity index (χ1n) is 6.02. The van der Waals surface area contributed by atoms with Gasteiger partial charge in [0.2, 0.25) is 5.91 Å². The summed E-state index contributed by atoms with van der Waals surface area (Å²) in [4.78, 5) is 16.2. The number of aromatic nitrogens is 1. The predicted octanol–water partition coefficient (Wildman–Crippen LogP) is 3.64. The van der Waals surface area contributed by atoms with Crippen molar-refractivity contribution in [3.05, 3.63) is 57.8 Å². The first kappa shape index (κ1) is 13.7. The number of hydrogen-bond donors (Lipinski definition) is 1. The summed E-state index contributed by atoms with van der Waals surface area (Å²) in [7, 11) is 0. The van der Waals surface area contributed by atoms with Crippen molar-refractivity contribution in [3.8, 4) is 0 Å². The zero-order valence-electron chi connectivity index (χ0n) is 10.9. The van der Waals surface area contributed by atoms with Gasteiger partial charge in [0.15, 0.2) is 0 Å². The summed E-state index contributed by atoms with van der Waals surface area (Å²) >= 11 is 3.42. The van der Waals surface area contributed by atoms with E-state index in [1.807, 2.05) is 44.2 Å². The normalized spacial score (nSPS) is 10.3. The largest absolute Gasteiger partial charge is 0.326 e. The van der Waals surface area contributed by atoms with Crippen molar-refractivity contribution in [3.63, 3.8) is 0 Å². The fourth-order valence-electron chi connectivity index (χ4n) is 1.87. The minimum absolute atomic E-state index is 0.0562. The Labute approximate surface area is 121 Å². The maximum atomic E-state index is 12.0. The molecule has 0 unspecified atom stereocenters. The molecule has 4 heteroatoms. The van der Waals surface area contributed by atoms with Crippen LogP contribution in [0.4, 0.5) is 5.69 Å². The topological polar surface area (TPSA) is 42.0 Å². The number of rotatable bonds is 3. The van der Waals surface area contributed by atoms with Gasteiger partial charge in [-0.3, -0.25) is 9.78 Å². The van der Waals surface area contributed by atoms with Gasteiger partial charge in [-0.2, -0.15) is 0 Å². The molecule has 0 saturated carbocycles. The van der Waals surface area contributed by atoms with Gasteiger partial charge in [0.25, 0.3) is 0 Å². The van der Waals surface area contributed by atoms with Crippen molar-refractivity contribution < 1.29 is 4.79 Å². The molecule has 98 valence electrons. The Morgan fingerprint density at radius 3 is 2.79 bits per heavy atom. The van der Waals surface area contributed by atoms with Gasteiger partial charge in [-0.05, 0) is 49.2 Å². The van der Waals surface area contributed by atoms with Gasteiger partial charge in [-0.15, -0.1) is 0 Å². The van der Waals surface area contributed by atoms with E-state index in [9.17, 15) is 4.79 Å². The van der Waals surface area contributed by atoms with Crippen molar-refractivity contribution in [2.75, 3.05) is 5.32 Å². The highest BCUT2D eigenvalue weighted by atomic mass is 79.9. The van der Waals surface area contributed by atoms with Crippen LogP contribution in [0.15, 0.2) is 41.0 Å². The van der Waals surface area contributed by atoms with Gasteiger partial charge in [0, 0.05) is 16.4 Å². The molecule has 1 aromatic carbocycles.